The molecule has 134 valence electrons. The standard InChI is InChI=1S/C19H25FN4O/c1-2-21-19-22-10-16(11-23-19)13-24-9-3-4-15(12-24)14-25-18-7-5-17(20)6-8-18/h5-8,10-11,15H,2-4,9,12-14H2,1H3,(H,21,22,23). The van der Waals surface area contributed by atoms with Crippen LogP contribution in [0.2, 0.25) is 0 Å². The molecule has 1 atom stereocenters. The third-order valence-electron chi connectivity index (χ3n) is 4.35. The van der Waals surface area contributed by atoms with Crippen LogP contribution in [0.15, 0.2) is 36.7 Å². The molecule has 2 heterocycles. The SMILES string of the molecule is CCNc1ncc(CN2CCCC(COc3ccc(F)cc3)C2)cn1. The number of nitrogens with one attached hydrogen (secondary N) is 1. The van der Waals surface area contributed by atoms with E-state index in [0.717, 1.165) is 50.3 Å². The van der Waals surface area contributed by atoms with Gasteiger partial charge in [-0.05, 0) is 50.6 Å². The number of hydrogen-bond acceptors (Lipinski definition) is 5. The number of anilines is 1. The zero-order chi connectivity index (χ0) is 17.5. The first-order valence-corrected chi connectivity index (χ1v) is 8.88. The van der Waals surface area contributed by atoms with Crippen molar-refractivity contribution in [2.75, 3.05) is 31.6 Å². The van der Waals surface area contributed by atoms with Crippen molar-refractivity contribution in [1.82, 2.24) is 14.9 Å². The smallest absolute Gasteiger partial charge is 0.222 e. The number of benzene rings is 1. The number of aromatic nitrogens is 2. The van der Waals surface area contributed by atoms with E-state index in [9.17, 15) is 4.39 Å². The second kappa shape index (κ2) is 8.76. The Labute approximate surface area is 148 Å². The van der Waals surface area contributed by atoms with Gasteiger partial charge in [-0.15, -0.1) is 0 Å². The van der Waals surface area contributed by atoms with Gasteiger partial charge in [-0.1, -0.05) is 0 Å². The van der Waals surface area contributed by atoms with Gasteiger partial charge in [0.25, 0.3) is 0 Å². The lowest BCUT2D eigenvalue weighted by Crippen LogP contribution is -2.37. The molecule has 1 saturated heterocycles. The van der Waals surface area contributed by atoms with E-state index in [1.165, 1.54) is 12.1 Å². The highest BCUT2D eigenvalue weighted by atomic mass is 19.1. The average Bonchev–Trinajstić information content (AvgIpc) is 2.64. The lowest BCUT2D eigenvalue weighted by molar-refractivity contribution is 0.125. The summed E-state index contributed by atoms with van der Waals surface area (Å²) in [7, 11) is 0. The van der Waals surface area contributed by atoms with Crippen LogP contribution in [-0.4, -0.2) is 41.1 Å². The Morgan fingerprint density at radius 2 is 2.00 bits per heavy atom. The maximum absolute atomic E-state index is 12.9. The number of rotatable bonds is 7. The van der Waals surface area contributed by atoms with Crippen LogP contribution in [-0.2, 0) is 6.54 Å². The van der Waals surface area contributed by atoms with Crippen LogP contribution >= 0.6 is 0 Å². The van der Waals surface area contributed by atoms with E-state index in [4.69, 9.17) is 4.74 Å². The number of nitrogens with zero attached hydrogens (tertiary/aromatic N) is 3. The van der Waals surface area contributed by atoms with E-state index < -0.39 is 0 Å². The molecule has 0 spiro atoms. The van der Waals surface area contributed by atoms with Crippen molar-refractivity contribution in [2.45, 2.75) is 26.3 Å². The largest absolute Gasteiger partial charge is 0.493 e. The molecule has 0 saturated carbocycles. The molecule has 1 aromatic carbocycles. The van der Waals surface area contributed by atoms with Crippen LogP contribution in [0, 0.1) is 11.7 Å². The second-order valence-electron chi connectivity index (χ2n) is 6.45. The summed E-state index contributed by atoms with van der Waals surface area (Å²) in [4.78, 5) is 11.1. The molecule has 1 unspecified atom stereocenters. The topological polar surface area (TPSA) is 50.3 Å². The lowest BCUT2D eigenvalue weighted by atomic mass is 9.98. The van der Waals surface area contributed by atoms with Gasteiger partial charge < -0.3 is 10.1 Å². The summed E-state index contributed by atoms with van der Waals surface area (Å²) in [5, 5.41) is 3.11. The Morgan fingerprint density at radius 3 is 2.72 bits per heavy atom. The van der Waals surface area contributed by atoms with Crippen LogP contribution in [0.3, 0.4) is 0 Å². The van der Waals surface area contributed by atoms with Crippen LogP contribution in [0.4, 0.5) is 10.3 Å². The molecule has 2 aromatic rings. The van der Waals surface area contributed by atoms with Crippen molar-refractivity contribution < 1.29 is 9.13 Å². The Hall–Kier alpha value is -2.21. The van der Waals surface area contributed by atoms with Crippen molar-refractivity contribution in [3.8, 4) is 5.75 Å². The van der Waals surface area contributed by atoms with Gasteiger partial charge in [-0.25, -0.2) is 14.4 Å². The molecule has 6 heteroatoms. The number of hydrogen-bond donors (Lipinski definition) is 1. The normalized spacial score (nSPS) is 18.1. The Bertz CT molecular complexity index is 647. The summed E-state index contributed by atoms with van der Waals surface area (Å²) >= 11 is 0. The molecule has 3 rings (SSSR count). The minimum Gasteiger partial charge on any atom is -0.493 e. The molecule has 1 N–H and O–H groups in total. The average molecular weight is 344 g/mol. The molecule has 0 radical (unpaired) electrons. The molecule has 1 aliphatic heterocycles. The Kier molecular flexibility index (Phi) is 6.17. The van der Waals surface area contributed by atoms with Crippen LogP contribution in [0.5, 0.6) is 5.75 Å². The predicted molar refractivity (Wildman–Crippen MR) is 96.1 cm³/mol. The molecule has 1 aliphatic rings. The van der Waals surface area contributed by atoms with Crippen molar-refractivity contribution in [1.29, 1.82) is 0 Å². The predicted octanol–water partition coefficient (Wildman–Crippen LogP) is 3.34. The van der Waals surface area contributed by atoms with E-state index in [1.54, 1.807) is 12.1 Å². The van der Waals surface area contributed by atoms with E-state index in [-0.39, 0.29) is 5.82 Å². The fraction of sp³-hybridized carbons (Fsp3) is 0.474. The van der Waals surface area contributed by atoms with Gasteiger partial charge in [-0.2, -0.15) is 0 Å². The zero-order valence-corrected chi connectivity index (χ0v) is 14.6. The monoisotopic (exact) mass is 344 g/mol. The van der Waals surface area contributed by atoms with E-state index >= 15 is 0 Å². The quantitative estimate of drug-likeness (QED) is 0.835. The first-order valence-electron chi connectivity index (χ1n) is 8.88. The van der Waals surface area contributed by atoms with E-state index in [0.29, 0.717) is 18.5 Å². The Morgan fingerprint density at radius 1 is 1.24 bits per heavy atom. The van der Waals surface area contributed by atoms with Gasteiger partial charge in [0, 0.05) is 43.5 Å². The van der Waals surface area contributed by atoms with E-state index in [1.807, 2.05) is 19.3 Å². The van der Waals surface area contributed by atoms with Gasteiger partial charge in [0.1, 0.15) is 11.6 Å². The van der Waals surface area contributed by atoms with Gasteiger partial charge >= 0.3 is 0 Å². The zero-order valence-electron chi connectivity index (χ0n) is 14.6. The first-order chi connectivity index (χ1) is 12.2. The number of halogens is 1. The maximum atomic E-state index is 12.9. The highest BCUT2D eigenvalue weighted by molar-refractivity contribution is 5.24. The lowest BCUT2D eigenvalue weighted by Gasteiger charge is -2.32. The van der Waals surface area contributed by atoms with Gasteiger partial charge in [0.15, 0.2) is 0 Å². The second-order valence-corrected chi connectivity index (χ2v) is 6.45. The first kappa shape index (κ1) is 17.6. The van der Waals surface area contributed by atoms with Crippen LogP contribution in [0.25, 0.3) is 0 Å². The maximum Gasteiger partial charge on any atom is 0.222 e. The molecule has 0 bridgehead atoms. The van der Waals surface area contributed by atoms with Crippen molar-refractivity contribution in [3.63, 3.8) is 0 Å². The minimum absolute atomic E-state index is 0.237. The van der Waals surface area contributed by atoms with Gasteiger partial charge in [0.05, 0.1) is 6.61 Å². The molecule has 25 heavy (non-hydrogen) atoms. The van der Waals surface area contributed by atoms with Crippen molar-refractivity contribution in [3.05, 3.63) is 48.0 Å². The summed E-state index contributed by atoms with van der Waals surface area (Å²) < 4.78 is 18.7. The number of piperidine rings is 1. The summed E-state index contributed by atoms with van der Waals surface area (Å²) in [6.07, 6.45) is 6.11. The number of likely N-dealkylation sites (tertiary alicyclic amines) is 1. The van der Waals surface area contributed by atoms with E-state index in [2.05, 4.69) is 20.2 Å². The molecule has 1 fully saturated rings. The minimum atomic E-state index is -0.237. The van der Waals surface area contributed by atoms with Crippen LogP contribution < -0.4 is 10.1 Å². The Balaban J connectivity index is 1.48. The summed E-state index contributed by atoms with van der Waals surface area (Å²) in [5.74, 6) is 1.65. The fourth-order valence-electron chi connectivity index (χ4n) is 3.12. The fourth-order valence-corrected chi connectivity index (χ4v) is 3.12. The number of ether oxygens (including phenoxy) is 1. The van der Waals surface area contributed by atoms with Gasteiger partial charge in [0.2, 0.25) is 5.95 Å². The molecular weight excluding hydrogens is 319 g/mol. The highest BCUT2D eigenvalue weighted by Gasteiger charge is 2.20. The molecule has 1 aromatic heterocycles. The third-order valence-corrected chi connectivity index (χ3v) is 4.35. The van der Waals surface area contributed by atoms with Crippen molar-refractivity contribution >= 4 is 5.95 Å². The molecule has 5 nitrogen and oxygen atoms in total. The summed E-state index contributed by atoms with van der Waals surface area (Å²) in [5.41, 5.74) is 1.13. The van der Waals surface area contributed by atoms with Gasteiger partial charge in [-0.3, -0.25) is 4.90 Å². The third kappa shape index (κ3) is 5.39. The van der Waals surface area contributed by atoms with Crippen molar-refractivity contribution in [2.24, 2.45) is 5.92 Å². The summed E-state index contributed by atoms with van der Waals surface area (Å²) in [6.45, 7) is 6.45. The molecule has 0 amide bonds. The summed E-state index contributed by atoms with van der Waals surface area (Å²) in [6, 6.07) is 6.22. The molecule has 0 aliphatic carbocycles. The van der Waals surface area contributed by atoms with Crippen LogP contribution in [0.1, 0.15) is 25.3 Å². The highest BCUT2D eigenvalue weighted by Crippen LogP contribution is 2.20. The molecular formula is C19H25FN4O.